The molecular formula is C8H8FNO3. The van der Waals surface area contributed by atoms with E-state index in [1.54, 1.807) is 0 Å². The third-order valence-electron chi connectivity index (χ3n) is 1.26. The van der Waals surface area contributed by atoms with E-state index in [9.17, 15) is 9.18 Å². The molecule has 1 aromatic heterocycles. The average Bonchev–Trinajstić information content (AvgIpc) is 2.03. The van der Waals surface area contributed by atoms with Gasteiger partial charge in [0.25, 0.3) is 0 Å². The van der Waals surface area contributed by atoms with Crippen LogP contribution in [0.5, 0.6) is 0 Å². The molecule has 1 rings (SSSR count). The number of carbonyl (C=O) groups is 1. The van der Waals surface area contributed by atoms with Crippen molar-refractivity contribution in [1.82, 2.24) is 4.98 Å². The van der Waals surface area contributed by atoms with Crippen molar-refractivity contribution in [2.24, 2.45) is 0 Å². The molecule has 0 saturated heterocycles. The normalized spacial score (nSPS) is 9.92. The van der Waals surface area contributed by atoms with Gasteiger partial charge in [-0.1, -0.05) is 0 Å². The zero-order valence-electron chi connectivity index (χ0n) is 6.74. The quantitative estimate of drug-likeness (QED) is 0.754. The van der Waals surface area contributed by atoms with Crippen LogP contribution in [0.3, 0.4) is 0 Å². The number of aromatic nitrogens is 1. The summed E-state index contributed by atoms with van der Waals surface area (Å²) in [5, 5.41) is 8.23. The van der Waals surface area contributed by atoms with Gasteiger partial charge in [-0.25, -0.2) is 9.18 Å². The van der Waals surface area contributed by atoms with Gasteiger partial charge in [0.15, 0.2) is 0 Å². The molecule has 0 spiro atoms. The summed E-state index contributed by atoms with van der Waals surface area (Å²) in [5.41, 5.74) is 0.515. The second-order valence-electron chi connectivity index (χ2n) is 2.40. The highest BCUT2D eigenvalue weighted by Crippen LogP contribution is 2.01. The number of carboxylic acids is 1. The van der Waals surface area contributed by atoms with Gasteiger partial charge in [-0.05, 0) is 11.6 Å². The van der Waals surface area contributed by atoms with Crippen LogP contribution in [-0.4, -0.2) is 22.7 Å². The minimum absolute atomic E-state index is 0.0526. The Morgan fingerprint density at radius 1 is 1.62 bits per heavy atom. The van der Waals surface area contributed by atoms with E-state index in [0.29, 0.717) is 5.56 Å². The van der Waals surface area contributed by atoms with Crippen LogP contribution in [-0.2, 0) is 16.1 Å². The summed E-state index contributed by atoms with van der Waals surface area (Å²) < 4.78 is 17.2. The lowest BCUT2D eigenvalue weighted by Crippen LogP contribution is -2.06. The number of hydrogen-bond acceptors (Lipinski definition) is 3. The van der Waals surface area contributed by atoms with E-state index in [1.165, 1.54) is 12.3 Å². The maximum Gasteiger partial charge on any atom is 0.329 e. The summed E-state index contributed by atoms with van der Waals surface area (Å²) in [6, 6.07) is 1.24. The molecule has 70 valence electrons. The Bertz CT molecular complexity index is 303. The second kappa shape index (κ2) is 4.51. The van der Waals surface area contributed by atoms with Crippen molar-refractivity contribution in [3.05, 3.63) is 29.8 Å². The highest BCUT2D eigenvalue weighted by Gasteiger charge is 1.99. The summed E-state index contributed by atoms with van der Waals surface area (Å²) in [4.78, 5) is 13.6. The van der Waals surface area contributed by atoms with E-state index in [1.807, 2.05) is 0 Å². The first-order valence-electron chi connectivity index (χ1n) is 3.57. The van der Waals surface area contributed by atoms with Gasteiger partial charge in [0.05, 0.1) is 12.8 Å². The first kappa shape index (κ1) is 9.60. The minimum Gasteiger partial charge on any atom is -0.480 e. The largest absolute Gasteiger partial charge is 0.480 e. The molecule has 0 amide bonds. The number of halogens is 1. The zero-order chi connectivity index (χ0) is 9.68. The Kier molecular flexibility index (Phi) is 3.33. The predicted molar refractivity (Wildman–Crippen MR) is 41.5 cm³/mol. The molecule has 0 atom stereocenters. The van der Waals surface area contributed by atoms with Crippen LogP contribution in [0.25, 0.3) is 0 Å². The summed E-state index contributed by atoms with van der Waals surface area (Å²) in [5.74, 6) is -1.51. The molecular weight excluding hydrogens is 177 g/mol. The number of ether oxygens (including phenoxy) is 1. The fourth-order valence-corrected chi connectivity index (χ4v) is 0.791. The Hall–Kier alpha value is -1.49. The van der Waals surface area contributed by atoms with Crippen LogP contribution in [0.1, 0.15) is 5.56 Å². The Morgan fingerprint density at radius 3 is 3.00 bits per heavy atom. The van der Waals surface area contributed by atoms with Gasteiger partial charge in [0.2, 0.25) is 0 Å². The van der Waals surface area contributed by atoms with Crippen molar-refractivity contribution in [1.29, 1.82) is 0 Å². The van der Waals surface area contributed by atoms with Crippen molar-refractivity contribution in [2.75, 3.05) is 6.61 Å². The molecule has 0 radical (unpaired) electrons. The number of rotatable bonds is 4. The van der Waals surface area contributed by atoms with Gasteiger partial charge >= 0.3 is 5.97 Å². The van der Waals surface area contributed by atoms with Crippen molar-refractivity contribution in [3.8, 4) is 0 Å². The van der Waals surface area contributed by atoms with Crippen LogP contribution in [0.2, 0.25) is 0 Å². The molecule has 1 heterocycles. The monoisotopic (exact) mass is 185 g/mol. The van der Waals surface area contributed by atoms with Crippen molar-refractivity contribution < 1.29 is 19.0 Å². The van der Waals surface area contributed by atoms with E-state index >= 15 is 0 Å². The standard InChI is InChI=1S/C8H8FNO3/c9-7-1-6(2-10-3-7)4-13-5-8(11)12/h1-3H,4-5H2,(H,11,12). The number of carboxylic acid groups (broad SMARTS) is 1. The molecule has 0 aliphatic carbocycles. The molecule has 0 bridgehead atoms. The smallest absolute Gasteiger partial charge is 0.329 e. The van der Waals surface area contributed by atoms with Crippen LogP contribution in [0, 0.1) is 5.82 Å². The molecule has 0 saturated carbocycles. The lowest BCUT2D eigenvalue weighted by Gasteiger charge is -2.00. The Morgan fingerprint density at radius 2 is 2.38 bits per heavy atom. The molecule has 1 N–H and O–H groups in total. The van der Waals surface area contributed by atoms with E-state index < -0.39 is 18.4 Å². The number of hydrogen-bond donors (Lipinski definition) is 1. The van der Waals surface area contributed by atoms with E-state index in [4.69, 9.17) is 9.84 Å². The number of pyridine rings is 1. The topological polar surface area (TPSA) is 59.4 Å². The molecule has 5 heteroatoms. The van der Waals surface area contributed by atoms with Gasteiger partial charge in [-0.2, -0.15) is 0 Å². The maximum atomic E-state index is 12.5. The third kappa shape index (κ3) is 3.62. The van der Waals surface area contributed by atoms with Crippen LogP contribution < -0.4 is 0 Å². The van der Waals surface area contributed by atoms with Gasteiger partial charge in [-0.3, -0.25) is 4.98 Å². The molecule has 0 aliphatic heterocycles. The molecule has 13 heavy (non-hydrogen) atoms. The number of nitrogens with zero attached hydrogens (tertiary/aromatic N) is 1. The minimum atomic E-state index is -1.05. The van der Waals surface area contributed by atoms with Gasteiger partial charge in [0.1, 0.15) is 12.4 Å². The number of aliphatic carboxylic acids is 1. The fraction of sp³-hybridized carbons (Fsp3) is 0.250. The molecule has 0 aliphatic rings. The van der Waals surface area contributed by atoms with Crippen LogP contribution in [0.15, 0.2) is 18.5 Å². The van der Waals surface area contributed by atoms with Crippen LogP contribution in [0.4, 0.5) is 4.39 Å². The third-order valence-corrected chi connectivity index (χ3v) is 1.26. The molecule has 0 fully saturated rings. The first-order chi connectivity index (χ1) is 6.18. The maximum absolute atomic E-state index is 12.5. The highest BCUT2D eigenvalue weighted by molar-refractivity contribution is 5.67. The van der Waals surface area contributed by atoms with Gasteiger partial charge in [-0.15, -0.1) is 0 Å². The zero-order valence-corrected chi connectivity index (χ0v) is 6.74. The molecule has 1 aromatic rings. The summed E-state index contributed by atoms with van der Waals surface area (Å²) >= 11 is 0. The predicted octanol–water partition coefficient (Wildman–Crippen LogP) is 0.822. The lowest BCUT2D eigenvalue weighted by molar-refractivity contribution is -0.142. The summed E-state index contributed by atoms with van der Waals surface area (Å²) in [6.45, 7) is -0.340. The lowest BCUT2D eigenvalue weighted by atomic mass is 10.3. The Balaban J connectivity index is 2.41. The van der Waals surface area contributed by atoms with E-state index in [2.05, 4.69) is 4.98 Å². The molecule has 0 unspecified atom stereocenters. The van der Waals surface area contributed by atoms with Crippen LogP contribution >= 0.6 is 0 Å². The second-order valence-corrected chi connectivity index (χ2v) is 2.40. The SMILES string of the molecule is O=C(O)COCc1cncc(F)c1. The first-order valence-corrected chi connectivity index (χ1v) is 3.57. The van der Waals surface area contributed by atoms with E-state index in [0.717, 1.165) is 6.20 Å². The summed E-state index contributed by atoms with van der Waals surface area (Å²) in [6.07, 6.45) is 2.49. The van der Waals surface area contributed by atoms with Gasteiger partial charge in [0, 0.05) is 6.20 Å². The highest BCUT2D eigenvalue weighted by atomic mass is 19.1. The van der Waals surface area contributed by atoms with E-state index in [-0.39, 0.29) is 6.61 Å². The average molecular weight is 185 g/mol. The fourth-order valence-electron chi connectivity index (χ4n) is 0.791. The van der Waals surface area contributed by atoms with Crippen molar-refractivity contribution >= 4 is 5.97 Å². The van der Waals surface area contributed by atoms with Crippen molar-refractivity contribution in [3.63, 3.8) is 0 Å². The van der Waals surface area contributed by atoms with Gasteiger partial charge < -0.3 is 9.84 Å². The molecule has 4 nitrogen and oxygen atoms in total. The Labute approximate surface area is 74.0 Å². The summed E-state index contributed by atoms with van der Waals surface area (Å²) in [7, 11) is 0. The molecule has 0 aromatic carbocycles. The van der Waals surface area contributed by atoms with Crippen molar-refractivity contribution in [2.45, 2.75) is 6.61 Å².